The maximum absolute atomic E-state index is 12.7. The van der Waals surface area contributed by atoms with Gasteiger partial charge in [-0.25, -0.2) is 0 Å². The molecule has 5 aromatic rings. The summed E-state index contributed by atoms with van der Waals surface area (Å²) in [6.07, 6.45) is 0.442. The first-order valence-corrected chi connectivity index (χ1v) is 16.3. The molecular formula is C38H36N2O5S. The molecule has 2 heterocycles. The van der Waals surface area contributed by atoms with E-state index in [4.69, 9.17) is 9.47 Å². The van der Waals surface area contributed by atoms with Crippen LogP contribution in [0.1, 0.15) is 51.9 Å². The molecule has 0 saturated carbocycles. The minimum Gasteiger partial charge on any atom is -0.618 e. The van der Waals surface area contributed by atoms with E-state index in [2.05, 4.69) is 30.4 Å². The maximum atomic E-state index is 12.7. The molecule has 8 heteroatoms. The summed E-state index contributed by atoms with van der Waals surface area (Å²) in [6.45, 7) is 2.49. The molecule has 6 rings (SSSR count). The lowest BCUT2D eigenvalue weighted by Gasteiger charge is -2.41. The largest absolute Gasteiger partial charge is 0.618 e. The lowest BCUT2D eigenvalue weighted by molar-refractivity contribution is -0.645. The molecule has 0 bridgehead atoms. The highest BCUT2D eigenvalue weighted by atomic mass is 32.2. The summed E-state index contributed by atoms with van der Waals surface area (Å²) >= 11 is 1.47. The Hall–Kier alpha value is -4.47. The van der Waals surface area contributed by atoms with Gasteiger partial charge in [0.1, 0.15) is 0 Å². The summed E-state index contributed by atoms with van der Waals surface area (Å²) in [6, 6.07) is 38.6. The smallest absolute Gasteiger partial charge is 0.251 e. The van der Waals surface area contributed by atoms with Crippen LogP contribution in [-0.4, -0.2) is 22.9 Å². The van der Waals surface area contributed by atoms with E-state index in [0.29, 0.717) is 22.9 Å². The fourth-order valence-corrected chi connectivity index (χ4v) is 6.72. The molecule has 0 aliphatic carbocycles. The minimum absolute atomic E-state index is 0.00443. The number of aliphatic hydroxyl groups is 1. The zero-order valence-corrected chi connectivity index (χ0v) is 26.3. The third-order valence-corrected chi connectivity index (χ3v) is 9.40. The van der Waals surface area contributed by atoms with Crippen molar-refractivity contribution in [1.29, 1.82) is 0 Å². The Labute approximate surface area is 273 Å². The SMILES string of the molecule is C[C@H]1[C@@H](CSc2cccc[n+]2[O-])O[C@@H](c2ccc(-c3ccccc3CNC(=O)c3ccccc3)cc2)O[C@H]1c1ccc(CO)cc1. The number of amides is 1. The van der Waals surface area contributed by atoms with Gasteiger partial charge < -0.3 is 25.1 Å². The van der Waals surface area contributed by atoms with Crippen molar-refractivity contribution in [3.63, 3.8) is 0 Å². The fourth-order valence-electron chi connectivity index (χ4n) is 5.64. The molecule has 4 atom stereocenters. The number of hydrogen-bond acceptors (Lipinski definition) is 6. The number of hydrogen-bond donors (Lipinski definition) is 2. The van der Waals surface area contributed by atoms with Gasteiger partial charge in [-0.1, -0.05) is 110 Å². The predicted molar refractivity (Wildman–Crippen MR) is 179 cm³/mol. The fraction of sp³-hybridized carbons (Fsp3) is 0.211. The summed E-state index contributed by atoms with van der Waals surface area (Å²) in [7, 11) is 0. The van der Waals surface area contributed by atoms with Crippen LogP contribution in [0.5, 0.6) is 0 Å². The van der Waals surface area contributed by atoms with E-state index in [1.165, 1.54) is 18.0 Å². The number of thioether (sulfide) groups is 1. The average molecular weight is 633 g/mol. The average Bonchev–Trinajstić information content (AvgIpc) is 3.11. The molecule has 0 spiro atoms. The highest BCUT2D eigenvalue weighted by Crippen LogP contribution is 2.43. The van der Waals surface area contributed by atoms with Gasteiger partial charge in [0.15, 0.2) is 12.5 Å². The first-order valence-electron chi connectivity index (χ1n) is 15.3. The van der Waals surface area contributed by atoms with Gasteiger partial charge in [0.2, 0.25) is 0 Å². The van der Waals surface area contributed by atoms with Gasteiger partial charge in [-0.2, -0.15) is 4.73 Å². The van der Waals surface area contributed by atoms with Crippen LogP contribution in [0.4, 0.5) is 0 Å². The van der Waals surface area contributed by atoms with Crippen molar-refractivity contribution in [1.82, 2.24) is 5.32 Å². The van der Waals surface area contributed by atoms with E-state index in [1.807, 2.05) is 84.9 Å². The Balaban J connectivity index is 1.21. The van der Waals surface area contributed by atoms with Crippen LogP contribution in [0.2, 0.25) is 0 Å². The monoisotopic (exact) mass is 632 g/mol. The summed E-state index contributed by atoms with van der Waals surface area (Å²) in [5.41, 5.74) is 6.42. The second kappa shape index (κ2) is 14.7. The molecule has 1 fully saturated rings. The van der Waals surface area contributed by atoms with Crippen molar-refractivity contribution in [2.75, 3.05) is 5.75 Å². The second-order valence-electron chi connectivity index (χ2n) is 11.3. The molecule has 46 heavy (non-hydrogen) atoms. The van der Waals surface area contributed by atoms with Crippen LogP contribution in [0.3, 0.4) is 0 Å². The van der Waals surface area contributed by atoms with Crippen LogP contribution >= 0.6 is 11.8 Å². The highest BCUT2D eigenvalue weighted by Gasteiger charge is 2.38. The predicted octanol–water partition coefficient (Wildman–Crippen LogP) is 6.99. The van der Waals surface area contributed by atoms with Crippen molar-refractivity contribution < 1.29 is 24.1 Å². The van der Waals surface area contributed by atoms with E-state index in [1.54, 1.807) is 18.2 Å². The number of pyridine rings is 1. The lowest BCUT2D eigenvalue weighted by atomic mass is 9.91. The first-order chi connectivity index (χ1) is 22.5. The standard InChI is InChI=1S/C38H36N2O5S/c1-26-34(25-46-35-13-7-8-22-40(35)43)44-38(45-36(26)29-16-14-27(24-41)15-17-29)31-20-18-28(19-21-31)33-12-6-5-11-32(33)23-39-37(42)30-9-3-2-4-10-30/h2-22,26,34,36,38,41H,23-25H2,1H3,(H,39,42)/t26-,34+,36+,38+/m0/s1. The van der Waals surface area contributed by atoms with Crippen LogP contribution in [0, 0.1) is 11.1 Å². The van der Waals surface area contributed by atoms with E-state index in [9.17, 15) is 15.1 Å². The molecule has 234 valence electrons. The Kier molecular flexibility index (Phi) is 10.1. The molecule has 0 radical (unpaired) electrons. The summed E-state index contributed by atoms with van der Waals surface area (Å²) in [5.74, 6) is 0.473. The summed E-state index contributed by atoms with van der Waals surface area (Å²) < 4.78 is 14.1. The van der Waals surface area contributed by atoms with Gasteiger partial charge in [-0.05, 0) is 46.0 Å². The summed E-state index contributed by atoms with van der Waals surface area (Å²) in [4.78, 5) is 12.7. The number of aliphatic hydroxyl groups excluding tert-OH is 1. The molecule has 4 aromatic carbocycles. The lowest BCUT2D eigenvalue weighted by Crippen LogP contribution is -2.39. The van der Waals surface area contributed by atoms with E-state index in [0.717, 1.165) is 38.1 Å². The molecule has 1 aliphatic heterocycles. The topological polar surface area (TPSA) is 94.7 Å². The number of ether oxygens (including phenoxy) is 2. The minimum atomic E-state index is -0.617. The van der Waals surface area contributed by atoms with Gasteiger partial charge in [-0.15, -0.1) is 0 Å². The van der Waals surface area contributed by atoms with E-state index >= 15 is 0 Å². The van der Waals surface area contributed by atoms with Crippen LogP contribution in [0.15, 0.2) is 133 Å². The van der Waals surface area contributed by atoms with Crippen molar-refractivity contribution in [2.24, 2.45) is 5.92 Å². The Morgan fingerprint density at radius 2 is 1.54 bits per heavy atom. The van der Waals surface area contributed by atoms with Gasteiger partial charge in [0.05, 0.1) is 18.8 Å². The number of benzene rings is 4. The number of rotatable bonds is 10. The van der Waals surface area contributed by atoms with Gasteiger partial charge in [0.25, 0.3) is 10.9 Å². The molecular weight excluding hydrogens is 596 g/mol. The van der Waals surface area contributed by atoms with Crippen molar-refractivity contribution in [2.45, 2.75) is 43.6 Å². The molecule has 1 aliphatic rings. The Morgan fingerprint density at radius 3 is 2.28 bits per heavy atom. The van der Waals surface area contributed by atoms with E-state index in [-0.39, 0.29) is 30.6 Å². The van der Waals surface area contributed by atoms with Crippen molar-refractivity contribution in [3.05, 3.63) is 161 Å². The van der Waals surface area contributed by atoms with Crippen LogP contribution in [0.25, 0.3) is 11.1 Å². The molecule has 7 nitrogen and oxygen atoms in total. The number of carbonyl (C=O) groups is 1. The van der Waals surface area contributed by atoms with Gasteiger partial charge in [-0.3, -0.25) is 4.79 Å². The van der Waals surface area contributed by atoms with Crippen LogP contribution < -0.4 is 10.0 Å². The van der Waals surface area contributed by atoms with Crippen molar-refractivity contribution >= 4 is 17.7 Å². The molecule has 0 unspecified atom stereocenters. The normalized spacial score (nSPS) is 19.4. The zero-order chi connectivity index (χ0) is 31.9. The Morgan fingerprint density at radius 1 is 0.848 bits per heavy atom. The Bertz CT molecular complexity index is 1750. The highest BCUT2D eigenvalue weighted by molar-refractivity contribution is 7.99. The zero-order valence-electron chi connectivity index (χ0n) is 25.5. The molecule has 1 aromatic heterocycles. The van der Waals surface area contributed by atoms with Crippen LogP contribution in [-0.2, 0) is 22.6 Å². The second-order valence-corrected chi connectivity index (χ2v) is 12.4. The maximum Gasteiger partial charge on any atom is 0.251 e. The number of nitrogens with zero attached hydrogens (tertiary/aromatic N) is 1. The quantitative estimate of drug-likeness (QED) is 0.0979. The molecule has 1 amide bonds. The molecule has 2 N–H and O–H groups in total. The van der Waals surface area contributed by atoms with E-state index < -0.39 is 6.29 Å². The number of aromatic nitrogens is 1. The summed E-state index contributed by atoms with van der Waals surface area (Å²) in [5, 5.41) is 25.5. The van der Waals surface area contributed by atoms with Gasteiger partial charge >= 0.3 is 0 Å². The van der Waals surface area contributed by atoms with Crippen molar-refractivity contribution in [3.8, 4) is 11.1 Å². The third-order valence-electron chi connectivity index (χ3n) is 8.29. The third kappa shape index (κ3) is 7.32. The molecule has 1 saturated heterocycles. The number of nitrogens with one attached hydrogen (secondary N) is 1. The number of carbonyl (C=O) groups excluding carboxylic acids is 1. The van der Waals surface area contributed by atoms with Gasteiger partial charge in [0, 0.05) is 41.5 Å². The first kappa shape index (κ1) is 31.5.